The average Bonchev–Trinajstić information content (AvgIpc) is 2.63. The highest BCUT2D eigenvalue weighted by Gasteiger charge is 2.17. The van der Waals surface area contributed by atoms with Crippen LogP contribution >= 0.6 is 0 Å². The summed E-state index contributed by atoms with van der Waals surface area (Å²) < 4.78 is 0. The van der Waals surface area contributed by atoms with Crippen LogP contribution in [0.25, 0.3) is 0 Å². The van der Waals surface area contributed by atoms with E-state index in [4.69, 9.17) is 5.26 Å². The molecule has 1 aliphatic heterocycles. The molecule has 0 saturated carbocycles. The van der Waals surface area contributed by atoms with Crippen LogP contribution in [0.15, 0.2) is 36.7 Å². The van der Waals surface area contributed by atoms with E-state index in [0.717, 1.165) is 26.2 Å². The van der Waals surface area contributed by atoms with Crippen LogP contribution in [0.1, 0.15) is 15.9 Å². The van der Waals surface area contributed by atoms with Crippen molar-refractivity contribution in [3.63, 3.8) is 0 Å². The minimum atomic E-state index is -0.273. The van der Waals surface area contributed by atoms with Gasteiger partial charge in [-0.25, -0.2) is 9.97 Å². The lowest BCUT2D eigenvalue weighted by molar-refractivity contribution is 0.102. The van der Waals surface area contributed by atoms with E-state index in [2.05, 4.69) is 32.1 Å². The van der Waals surface area contributed by atoms with Gasteiger partial charge in [0.2, 0.25) is 5.95 Å². The van der Waals surface area contributed by atoms with Crippen molar-refractivity contribution >= 4 is 17.5 Å². The summed E-state index contributed by atoms with van der Waals surface area (Å²) in [7, 11) is 2.09. The molecule has 1 fully saturated rings. The predicted octanol–water partition coefficient (Wildman–Crippen LogP) is 1.35. The van der Waals surface area contributed by atoms with Gasteiger partial charge in [0.1, 0.15) is 0 Å². The number of hydrogen-bond acceptors (Lipinski definition) is 6. The Hall–Kier alpha value is -2.98. The van der Waals surface area contributed by atoms with Gasteiger partial charge in [-0.2, -0.15) is 5.26 Å². The largest absolute Gasteiger partial charge is 0.338 e. The van der Waals surface area contributed by atoms with Gasteiger partial charge in [-0.3, -0.25) is 4.79 Å². The number of carbonyl (C=O) groups is 1. The van der Waals surface area contributed by atoms with Gasteiger partial charge < -0.3 is 15.1 Å². The summed E-state index contributed by atoms with van der Waals surface area (Å²) in [6.07, 6.45) is 3.08. The summed E-state index contributed by atoms with van der Waals surface area (Å²) in [5.41, 5.74) is 1.58. The fourth-order valence-electron chi connectivity index (χ4n) is 2.44. The van der Waals surface area contributed by atoms with Gasteiger partial charge >= 0.3 is 0 Å². The molecule has 3 rings (SSSR count). The summed E-state index contributed by atoms with van der Waals surface area (Å²) in [5, 5.41) is 11.5. The molecule has 1 aromatic heterocycles. The fourth-order valence-corrected chi connectivity index (χ4v) is 2.44. The Bertz CT molecular complexity index is 742. The van der Waals surface area contributed by atoms with Crippen LogP contribution in [0, 0.1) is 11.3 Å². The second-order valence-electron chi connectivity index (χ2n) is 5.71. The summed E-state index contributed by atoms with van der Waals surface area (Å²) >= 11 is 0. The van der Waals surface area contributed by atoms with Crippen LogP contribution in [-0.2, 0) is 0 Å². The first-order chi connectivity index (χ1) is 11.7. The maximum Gasteiger partial charge on any atom is 0.258 e. The van der Waals surface area contributed by atoms with Gasteiger partial charge in [-0.1, -0.05) is 0 Å². The van der Waals surface area contributed by atoms with Gasteiger partial charge in [-0.15, -0.1) is 0 Å². The number of benzene rings is 1. The molecule has 2 aromatic rings. The summed E-state index contributed by atoms with van der Waals surface area (Å²) in [6, 6.07) is 8.73. The van der Waals surface area contributed by atoms with Gasteiger partial charge in [0.05, 0.1) is 17.2 Å². The number of likely N-dealkylation sites (N-methyl/N-ethyl adjacent to an activating group) is 1. The Morgan fingerprint density at radius 3 is 2.33 bits per heavy atom. The molecule has 0 aliphatic carbocycles. The molecule has 122 valence electrons. The highest BCUT2D eigenvalue weighted by atomic mass is 16.1. The first-order valence-corrected chi connectivity index (χ1v) is 7.73. The smallest absolute Gasteiger partial charge is 0.258 e. The first kappa shape index (κ1) is 15.9. The van der Waals surface area contributed by atoms with Gasteiger partial charge in [0.25, 0.3) is 5.91 Å². The summed E-state index contributed by atoms with van der Waals surface area (Å²) in [5.74, 6) is 0.377. The Morgan fingerprint density at radius 1 is 1.12 bits per heavy atom. The molecule has 1 N–H and O–H groups in total. The van der Waals surface area contributed by atoms with Crippen LogP contribution in [0.2, 0.25) is 0 Å². The number of rotatable bonds is 3. The number of nitriles is 1. The van der Waals surface area contributed by atoms with Crippen molar-refractivity contribution in [1.82, 2.24) is 14.9 Å². The second-order valence-corrected chi connectivity index (χ2v) is 5.71. The molecule has 7 nitrogen and oxygen atoms in total. The molecule has 0 bridgehead atoms. The number of carbonyl (C=O) groups excluding carboxylic acids is 1. The normalized spacial score (nSPS) is 14.9. The third kappa shape index (κ3) is 3.67. The topological polar surface area (TPSA) is 85.1 Å². The van der Waals surface area contributed by atoms with Crippen molar-refractivity contribution < 1.29 is 4.79 Å². The quantitative estimate of drug-likeness (QED) is 0.918. The zero-order valence-corrected chi connectivity index (χ0v) is 13.4. The third-order valence-corrected chi connectivity index (χ3v) is 3.96. The van der Waals surface area contributed by atoms with Crippen LogP contribution in [0.5, 0.6) is 0 Å². The molecular formula is C17H18N6O. The van der Waals surface area contributed by atoms with E-state index < -0.39 is 0 Å². The van der Waals surface area contributed by atoms with E-state index in [-0.39, 0.29) is 5.91 Å². The fraction of sp³-hybridized carbons (Fsp3) is 0.294. The van der Waals surface area contributed by atoms with Gasteiger partial charge in [-0.05, 0) is 31.3 Å². The van der Waals surface area contributed by atoms with E-state index in [1.165, 1.54) is 0 Å². The highest BCUT2D eigenvalue weighted by Crippen LogP contribution is 2.13. The zero-order chi connectivity index (χ0) is 16.9. The maximum absolute atomic E-state index is 12.2. The van der Waals surface area contributed by atoms with E-state index >= 15 is 0 Å². The minimum Gasteiger partial charge on any atom is -0.338 e. The molecule has 0 atom stereocenters. The minimum absolute atomic E-state index is 0.273. The Balaban J connectivity index is 1.64. The maximum atomic E-state index is 12.2. The zero-order valence-electron chi connectivity index (χ0n) is 13.4. The molecule has 1 saturated heterocycles. The van der Waals surface area contributed by atoms with Crippen molar-refractivity contribution in [1.29, 1.82) is 5.26 Å². The Morgan fingerprint density at radius 2 is 1.75 bits per heavy atom. The second kappa shape index (κ2) is 7.06. The van der Waals surface area contributed by atoms with E-state index in [1.54, 1.807) is 36.7 Å². The highest BCUT2D eigenvalue weighted by molar-refractivity contribution is 6.03. The number of nitrogens with one attached hydrogen (secondary N) is 1. The van der Waals surface area contributed by atoms with Crippen molar-refractivity contribution in [3.8, 4) is 6.07 Å². The molecule has 1 amide bonds. The molecule has 24 heavy (non-hydrogen) atoms. The van der Waals surface area contributed by atoms with Crippen LogP contribution < -0.4 is 10.2 Å². The lowest BCUT2D eigenvalue weighted by Crippen LogP contribution is -2.45. The lowest BCUT2D eigenvalue weighted by Gasteiger charge is -2.32. The molecule has 1 aromatic carbocycles. The monoisotopic (exact) mass is 322 g/mol. The third-order valence-electron chi connectivity index (χ3n) is 3.96. The number of anilines is 2. The van der Waals surface area contributed by atoms with Crippen molar-refractivity contribution in [2.24, 2.45) is 0 Å². The molecular weight excluding hydrogens is 304 g/mol. The average molecular weight is 322 g/mol. The van der Waals surface area contributed by atoms with Crippen molar-refractivity contribution in [2.45, 2.75) is 0 Å². The SMILES string of the molecule is CN1CCN(c2ncc(C(=O)Nc3ccc(C#N)cc3)cn2)CC1. The van der Waals surface area contributed by atoms with Crippen molar-refractivity contribution in [3.05, 3.63) is 47.8 Å². The molecule has 7 heteroatoms. The summed E-state index contributed by atoms with van der Waals surface area (Å²) in [6.45, 7) is 3.72. The number of amides is 1. The van der Waals surface area contributed by atoms with Gasteiger partial charge in [0, 0.05) is 44.3 Å². The Kier molecular flexibility index (Phi) is 4.68. The molecule has 1 aliphatic rings. The molecule has 0 spiro atoms. The predicted molar refractivity (Wildman–Crippen MR) is 90.9 cm³/mol. The Labute approximate surface area is 140 Å². The van der Waals surface area contributed by atoms with E-state index in [1.807, 2.05) is 6.07 Å². The molecule has 0 radical (unpaired) electrons. The number of piperazine rings is 1. The van der Waals surface area contributed by atoms with E-state index in [0.29, 0.717) is 22.8 Å². The molecule has 0 unspecified atom stereocenters. The first-order valence-electron chi connectivity index (χ1n) is 7.73. The number of aromatic nitrogens is 2. The van der Waals surface area contributed by atoms with Crippen LogP contribution in [0.4, 0.5) is 11.6 Å². The van der Waals surface area contributed by atoms with Gasteiger partial charge in [0.15, 0.2) is 0 Å². The lowest BCUT2D eigenvalue weighted by atomic mass is 10.2. The van der Waals surface area contributed by atoms with E-state index in [9.17, 15) is 4.79 Å². The number of hydrogen-bond donors (Lipinski definition) is 1. The van der Waals surface area contributed by atoms with Crippen LogP contribution in [-0.4, -0.2) is 54.0 Å². The van der Waals surface area contributed by atoms with Crippen molar-refractivity contribution in [2.75, 3.05) is 43.4 Å². The number of nitrogens with zero attached hydrogens (tertiary/aromatic N) is 5. The van der Waals surface area contributed by atoms with Crippen LogP contribution in [0.3, 0.4) is 0 Å². The summed E-state index contributed by atoms with van der Waals surface area (Å²) in [4.78, 5) is 25.2. The molecule has 2 heterocycles. The standard InChI is InChI=1S/C17H18N6O/c1-22-6-8-23(9-7-22)17-19-11-14(12-20-17)16(24)21-15-4-2-13(10-18)3-5-15/h2-5,11-12H,6-9H2,1H3,(H,21,24).